The van der Waals surface area contributed by atoms with Gasteiger partial charge in [-0.3, -0.25) is 4.98 Å². The molecule has 0 spiro atoms. The molecule has 3 aromatic rings. The molecule has 0 radical (unpaired) electrons. The van der Waals surface area contributed by atoms with Gasteiger partial charge in [0.05, 0.1) is 16.8 Å². The molecule has 0 unspecified atom stereocenters. The predicted octanol–water partition coefficient (Wildman–Crippen LogP) is 3.55. The summed E-state index contributed by atoms with van der Waals surface area (Å²) < 4.78 is 0. The predicted molar refractivity (Wildman–Crippen MR) is 78.7 cm³/mol. The topological polar surface area (TPSA) is 61.6 Å². The van der Waals surface area contributed by atoms with Gasteiger partial charge in [0.15, 0.2) is 0 Å². The summed E-state index contributed by atoms with van der Waals surface area (Å²) in [6.07, 6.45) is 1.75. The SMILES string of the molecule is Cc1ccc(C#N)c(Nc2cccc3cccnc23)n1. The molecular formula is C16H12N4. The highest BCUT2D eigenvalue weighted by molar-refractivity contribution is 5.92. The average molecular weight is 260 g/mol. The maximum atomic E-state index is 9.15. The first-order chi connectivity index (χ1) is 9.78. The van der Waals surface area contributed by atoms with Gasteiger partial charge in [0.25, 0.3) is 0 Å². The van der Waals surface area contributed by atoms with E-state index in [0.29, 0.717) is 11.4 Å². The van der Waals surface area contributed by atoms with Crippen LogP contribution in [0, 0.1) is 18.3 Å². The summed E-state index contributed by atoms with van der Waals surface area (Å²) in [5.41, 5.74) is 3.09. The number of para-hydroxylation sites is 1. The smallest absolute Gasteiger partial charge is 0.148 e. The van der Waals surface area contributed by atoms with Crippen molar-refractivity contribution < 1.29 is 0 Å². The molecule has 1 N–H and O–H groups in total. The summed E-state index contributed by atoms with van der Waals surface area (Å²) in [4.78, 5) is 8.77. The maximum absolute atomic E-state index is 9.15. The summed E-state index contributed by atoms with van der Waals surface area (Å²) in [7, 11) is 0. The summed E-state index contributed by atoms with van der Waals surface area (Å²) >= 11 is 0. The molecule has 0 saturated heterocycles. The van der Waals surface area contributed by atoms with E-state index in [1.54, 1.807) is 12.3 Å². The fourth-order valence-corrected chi connectivity index (χ4v) is 2.07. The molecule has 0 bridgehead atoms. The van der Waals surface area contributed by atoms with Crippen LogP contribution in [-0.4, -0.2) is 9.97 Å². The lowest BCUT2D eigenvalue weighted by Gasteiger charge is -2.10. The number of fused-ring (bicyclic) bond motifs is 1. The second-order valence-corrected chi connectivity index (χ2v) is 4.47. The van der Waals surface area contributed by atoms with Crippen molar-refractivity contribution in [1.29, 1.82) is 5.26 Å². The van der Waals surface area contributed by atoms with Gasteiger partial charge in [0.2, 0.25) is 0 Å². The Bertz CT molecular complexity index is 813. The summed E-state index contributed by atoms with van der Waals surface area (Å²) in [5, 5.41) is 13.4. The Morgan fingerprint density at radius 1 is 1.10 bits per heavy atom. The summed E-state index contributed by atoms with van der Waals surface area (Å²) in [5.74, 6) is 0.561. The lowest BCUT2D eigenvalue weighted by molar-refractivity contribution is 1.19. The molecule has 2 heterocycles. The molecule has 0 aliphatic rings. The van der Waals surface area contributed by atoms with Crippen molar-refractivity contribution in [2.24, 2.45) is 0 Å². The summed E-state index contributed by atoms with van der Waals surface area (Å²) in [6, 6.07) is 15.5. The third-order valence-corrected chi connectivity index (χ3v) is 3.04. The minimum atomic E-state index is 0.517. The lowest BCUT2D eigenvalue weighted by atomic mass is 10.2. The number of aromatic nitrogens is 2. The van der Waals surface area contributed by atoms with Gasteiger partial charge in [-0.1, -0.05) is 18.2 Å². The van der Waals surface area contributed by atoms with E-state index in [0.717, 1.165) is 22.3 Å². The molecular weight excluding hydrogens is 248 g/mol. The number of aryl methyl sites for hydroxylation is 1. The number of nitrogens with one attached hydrogen (secondary N) is 1. The van der Waals surface area contributed by atoms with Crippen molar-refractivity contribution in [2.45, 2.75) is 6.92 Å². The molecule has 3 rings (SSSR count). The van der Waals surface area contributed by atoms with E-state index in [2.05, 4.69) is 21.4 Å². The first-order valence-corrected chi connectivity index (χ1v) is 6.26. The van der Waals surface area contributed by atoms with Crippen LogP contribution in [0.4, 0.5) is 11.5 Å². The van der Waals surface area contributed by atoms with Gasteiger partial charge >= 0.3 is 0 Å². The Hall–Kier alpha value is -2.93. The number of hydrogen-bond donors (Lipinski definition) is 1. The maximum Gasteiger partial charge on any atom is 0.148 e. The first kappa shape index (κ1) is 12.1. The number of rotatable bonds is 2. The molecule has 0 fully saturated rings. The zero-order valence-corrected chi connectivity index (χ0v) is 11.0. The van der Waals surface area contributed by atoms with Crippen LogP contribution in [0.2, 0.25) is 0 Å². The number of nitrogens with zero attached hydrogens (tertiary/aromatic N) is 3. The van der Waals surface area contributed by atoms with E-state index in [4.69, 9.17) is 5.26 Å². The number of pyridine rings is 2. The fourth-order valence-electron chi connectivity index (χ4n) is 2.07. The van der Waals surface area contributed by atoms with Gasteiger partial charge < -0.3 is 5.32 Å². The van der Waals surface area contributed by atoms with Crippen LogP contribution in [-0.2, 0) is 0 Å². The van der Waals surface area contributed by atoms with Gasteiger partial charge in [-0.15, -0.1) is 0 Å². The molecule has 2 aromatic heterocycles. The summed E-state index contributed by atoms with van der Waals surface area (Å²) in [6.45, 7) is 1.90. The Balaban J connectivity index is 2.10. The second-order valence-electron chi connectivity index (χ2n) is 4.47. The highest BCUT2D eigenvalue weighted by Gasteiger charge is 2.07. The van der Waals surface area contributed by atoms with E-state index in [9.17, 15) is 0 Å². The second kappa shape index (κ2) is 4.98. The lowest BCUT2D eigenvalue weighted by Crippen LogP contribution is -1.99. The minimum absolute atomic E-state index is 0.517. The molecule has 96 valence electrons. The molecule has 0 amide bonds. The zero-order chi connectivity index (χ0) is 13.9. The van der Waals surface area contributed by atoms with Gasteiger partial charge in [-0.05, 0) is 31.2 Å². The van der Waals surface area contributed by atoms with Crippen LogP contribution in [0.3, 0.4) is 0 Å². The van der Waals surface area contributed by atoms with Gasteiger partial charge in [0, 0.05) is 17.3 Å². The number of nitriles is 1. The number of anilines is 2. The molecule has 0 aliphatic heterocycles. The minimum Gasteiger partial charge on any atom is -0.337 e. The monoisotopic (exact) mass is 260 g/mol. The van der Waals surface area contributed by atoms with Crippen LogP contribution >= 0.6 is 0 Å². The van der Waals surface area contributed by atoms with Crippen LogP contribution < -0.4 is 5.32 Å². The van der Waals surface area contributed by atoms with E-state index < -0.39 is 0 Å². The van der Waals surface area contributed by atoms with Crippen LogP contribution in [0.1, 0.15) is 11.3 Å². The van der Waals surface area contributed by atoms with Gasteiger partial charge in [-0.2, -0.15) is 5.26 Å². The van der Waals surface area contributed by atoms with Crippen molar-refractivity contribution in [3.8, 4) is 6.07 Å². The third kappa shape index (κ3) is 2.17. The Kier molecular flexibility index (Phi) is 3.02. The standard InChI is InChI=1S/C16H12N4/c1-11-7-8-13(10-17)16(19-11)20-14-6-2-4-12-5-3-9-18-15(12)14/h2-9H,1H3,(H,19,20). The van der Waals surface area contributed by atoms with Crippen molar-refractivity contribution in [3.63, 3.8) is 0 Å². The van der Waals surface area contributed by atoms with E-state index in [1.165, 1.54) is 0 Å². The van der Waals surface area contributed by atoms with Crippen molar-refractivity contribution in [1.82, 2.24) is 9.97 Å². The van der Waals surface area contributed by atoms with Gasteiger partial charge in [-0.25, -0.2) is 4.98 Å². The first-order valence-electron chi connectivity index (χ1n) is 6.26. The molecule has 20 heavy (non-hydrogen) atoms. The third-order valence-electron chi connectivity index (χ3n) is 3.04. The Morgan fingerprint density at radius 2 is 1.95 bits per heavy atom. The van der Waals surface area contributed by atoms with E-state index >= 15 is 0 Å². The van der Waals surface area contributed by atoms with E-state index in [1.807, 2.05) is 43.3 Å². The number of hydrogen-bond acceptors (Lipinski definition) is 4. The largest absolute Gasteiger partial charge is 0.337 e. The molecule has 4 nitrogen and oxygen atoms in total. The van der Waals surface area contributed by atoms with Crippen molar-refractivity contribution in [3.05, 3.63) is 59.9 Å². The molecule has 4 heteroatoms. The fraction of sp³-hybridized carbons (Fsp3) is 0.0625. The highest BCUT2D eigenvalue weighted by Crippen LogP contribution is 2.25. The Morgan fingerprint density at radius 3 is 2.80 bits per heavy atom. The molecule has 0 saturated carbocycles. The van der Waals surface area contributed by atoms with Crippen LogP contribution in [0.5, 0.6) is 0 Å². The molecule has 1 aromatic carbocycles. The molecule has 0 atom stereocenters. The van der Waals surface area contributed by atoms with E-state index in [-0.39, 0.29) is 0 Å². The van der Waals surface area contributed by atoms with Gasteiger partial charge in [0.1, 0.15) is 11.9 Å². The van der Waals surface area contributed by atoms with Crippen molar-refractivity contribution >= 4 is 22.4 Å². The van der Waals surface area contributed by atoms with Crippen molar-refractivity contribution in [2.75, 3.05) is 5.32 Å². The average Bonchev–Trinajstić information content (AvgIpc) is 2.48. The zero-order valence-electron chi connectivity index (χ0n) is 11.0. The molecule has 0 aliphatic carbocycles. The quantitative estimate of drug-likeness (QED) is 0.765. The van der Waals surface area contributed by atoms with Crippen LogP contribution in [0.15, 0.2) is 48.7 Å². The Labute approximate surface area is 116 Å². The highest BCUT2D eigenvalue weighted by atomic mass is 15.0. The number of benzene rings is 1. The van der Waals surface area contributed by atoms with Crippen LogP contribution in [0.25, 0.3) is 10.9 Å². The normalized spacial score (nSPS) is 10.2.